The fourth-order valence-electron chi connectivity index (χ4n) is 4.58. The minimum Gasteiger partial charge on any atom is -0.471 e. The lowest BCUT2D eigenvalue weighted by molar-refractivity contribution is 0.0771. The van der Waals surface area contributed by atoms with Crippen molar-refractivity contribution in [2.75, 3.05) is 13.1 Å². The fourth-order valence-corrected chi connectivity index (χ4v) is 4.58. The summed E-state index contributed by atoms with van der Waals surface area (Å²) in [4.78, 5) is 29.0. The predicted octanol–water partition coefficient (Wildman–Crippen LogP) is 2.80. The SMILES string of the molecule is CCn1ncc(-c2nc(OC3CCN(C(=O)c4cc(C)n(C)c4C)C3)c3ncn(C)c3n2)c1C. The van der Waals surface area contributed by atoms with Crippen LogP contribution >= 0.6 is 0 Å². The Morgan fingerprint density at radius 1 is 1.18 bits per heavy atom. The second-order valence-electron chi connectivity index (χ2n) is 8.96. The maximum atomic E-state index is 13.2. The van der Waals surface area contributed by atoms with Crippen molar-refractivity contribution in [1.82, 2.24) is 38.8 Å². The first kappa shape index (κ1) is 22.1. The van der Waals surface area contributed by atoms with Gasteiger partial charge in [0, 0.05) is 50.7 Å². The summed E-state index contributed by atoms with van der Waals surface area (Å²) in [5.74, 6) is 1.04. The van der Waals surface area contributed by atoms with Gasteiger partial charge in [-0.3, -0.25) is 9.48 Å². The van der Waals surface area contributed by atoms with Crippen LogP contribution in [0.5, 0.6) is 5.88 Å². The van der Waals surface area contributed by atoms with Crippen LogP contribution in [0, 0.1) is 20.8 Å². The molecule has 0 radical (unpaired) electrons. The van der Waals surface area contributed by atoms with Crippen LogP contribution in [0.3, 0.4) is 0 Å². The van der Waals surface area contributed by atoms with Gasteiger partial charge in [0.1, 0.15) is 6.10 Å². The molecule has 10 nitrogen and oxygen atoms in total. The average molecular weight is 463 g/mol. The first-order chi connectivity index (χ1) is 16.3. The van der Waals surface area contributed by atoms with Gasteiger partial charge in [-0.25, -0.2) is 9.97 Å². The van der Waals surface area contributed by atoms with Crippen LogP contribution in [0.2, 0.25) is 0 Å². The molecule has 0 bridgehead atoms. The highest BCUT2D eigenvalue weighted by Gasteiger charge is 2.31. The molecule has 1 atom stereocenters. The Labute approximate surface area is 198 Å². The van der Waals surface area contributed by atoms with Gasteiger partial charge in [0.15, 0.2) is 17.0 Å². The molecule has 5 heterocycles. The zero-order chi connectivity index (χ0) is 24.1. The molecule has 1 aliphatic rings. The summed E-state index contributed by atoms with van der Waals surface area (Å²) >= 11 is 0. The maximum Gasteiger partial charge on any atom is 0.255 e. The van der Waals surface area contributed by atoms with E-state index in [-0.39, 0.29) is 12.0 Å². The van der Waals surface area contributed by atoms with E-state index in [1.54, 1.807) is 12.5 Å². The van der Waals surface area contributed by atoms with E-state index in [0.29, 0.717) is 36.0 Å². The zero-order valence-electron chi connectivity index (χ0n) is 20.5. The van der Waals surface area contributed by atoms with Crippen LogP contribution in [0.4, 0.5) is 0 Å². The molecule has 0 N–H and O–H groups in total. The molecule has 0 spiro atoms. The average Bonchev–Trinajstić information content (AvgIpc) is 3.58. The summed E-state index contributed by atoms with van der Waals surface area (Å²) in [6, 6.07) is 1.96. The van der Waals surface area contributed by atoms with Crippen molar-refractivity contribution in [3.05, 3.63) is 41.2 Å². The number of imidazole rings is 1. The van der Waals surface area contributed by atoms with E-state index in [4.69, 9.17) is 14.7 Å². The first-order valence-electron chi connectivity index (χ1n) is 11.6. The normalized spacial score (nSPS) is 16.1. The molecular formula is C24H30N8O2. The Balaban J connectivity index is 1.42. The molecule has 0 aromatic carbocycles. The van der Waals surface area contributed by atoms with Gasteiger partial charge in [-0.2, -0.15) is 10.1 Å². The van der Waals surface area contributed by atoms with Crippen LogP contribution in [0.25, 0.3) is 22.6 Å². The van der Waals surface area contributed by atoms with E-state index in [0.717, 1.165) is 41.2 Å². The van der Waals surface area contributed by atoms with E-state index < -0.39 is 0 Å². The molecule has 10 heteroatoms. The number of carbonyl (C=O) groups is 1. The summed E-state index contributed by atoms with van der Waals surface area (Å²) in [7, 11) is 3.88. The lowest BCUT2D eigenvalue weighted by Gasteiger charge is -2.17. The Morgan fingerprint density at radius 3 is 2.65 bits per heavy atom. The van der Waals surface area contributed by atoms with Gasteiger partial charge in [0.05, 0.1) is 30.2 Å². The van der Waals surface area contributed by atoms with Gasteiger partial charge < -0.3 is 18.8 Å². The second-order valence-corrected chi connectivity index (χ2v) is 8.96. The molecular weight excluding hydrogens is 432 g/mol. The molecule has 34 heavy (non-hydrogen) atoms. The van der Waals surface area contributed by atoms with Gasteiger partial charge >= 0.3 is 0 Å². The number of fused-ring (bicyclic) bond motifs is 1. The van der Waals surface area contributed by atoms with Gasteiger partial charge in [-0.05, 0) is 33.8 Å². The molecule has 0 saturated carbocycles. The van der Waals surface area contributed by atoms with Crippen LogP contribution in [-0.2, 0) is 20.6 Å². The minimum absolute atomic E-state index is 0.0428. The second kappa shape index (κ2) is 8.27. The number of carbonyl (C=O) groups excluding carboxylic acids is 1. The fraction of sp³-hybridized carbons (Fsp3) is 0.458. The Morgan fingerprint density at radius 2 is 1.97 bits per heavy atom. The maximum absolute atomic E-state index is 13.2. The molecule has 1 amide bonds. The molecule has 5 rings (SSSR count). The summed E-state index contributed by atoms with van der Waals surface area (Å²) in [5.41, 5.74) is 5.98. The quantitative estimate of drug-likeness (QED) is 0.453. The van der Waals surface area contributed by atoms with Crippen molar-refractivity contribution in [2.45, 2.75) is 46.8 Å². The molecule has 4 aromatic rings. The highest BCUT2D eigenvalue weighted by atomic mass is 16.5. The van der Waals surface area contributed by atoms with E-state index in [1.165, 1.54) is 0 Å². The van der Waals surface area contributed by atoms with Gasteiger partial charge in [0.25, 0.3) is 5.91 Å². The van der Waals surface area contributed by atoms with E-state index in [1.807, 2.05) is 59.6 Å². The highest BCUT2D eigenvalue weighted by molar-refractivity contribution is 5.96. The van der Waals surface area contributed by atoms with Crippen molar-refractivity contribution in [3.8, 4) is 17.3 Å². The largest absolute Gasteiger partial charge is 0.471 e. The smallest absolute Gasteiger partial charge is 0.255 e. The number of ether oxygens (including phenoxy) is 1. The predicted molar refractivity (Wildman–Crippen MR) is 128 cm³/mol. The van der Waals surface area contributed by atoms with Crippen LogP contribution in [0.15, 0.2) is 18.6 Å². The monoisotopic (exact) mass is 462 g/mol. The Hall–Kier alpha value is -3.69. The topological polar surface area (TPSA) is 95.9 Å². The zero-order valence-corrected chi connectivity index (χ0v) is 20.5. The van der Waals surface area contributed by atoms with Gasteiger partial charge in [-0.1, -0.05) is 0 Å². The standard InChI is InChI=1S/C24H30N8O2/c1-7-32-16(4)19(11-26-32)21-27-22-20(25-13-29(22)5)23(28-21)34-17-8-9-31(12-17)24(33)18-10-14(2)30(6)15(18)3/h10-11,13,17H,7-9,12H2,1-6H3. The lowest BCUT2D eigenvalue weighted by atomic mass is 10.2. The van der Waals surface area contributed by atoms with E-state index in [9.17, 15) is 4.79 Å². The van der Waals surface area contributed by atoms with Crippen LogP contribution in [0.1, 0.15) is 40.8 Å². The van der Waals surface area contributed by atoms with Crippen molar-refractivity contribution in [3.63, 3.8) is 0 Å². The summed E-state index contributed by atoms with van der Waals surface area (Å²) < 4.78 is 12.2. The Bertz CT molecular complexity index is 1400. The van der Waals surface area contributed by atoms with Crippen molar-refractivity contribution >= 4 is 17.1 Å². The molecule has 178 valence electrons. The lowest BCUT2D eigenvalue weighted by Crippen LogP contribution is -2.31. The van der Waals surface area contributed by atoms with E-state index >= 15 is 0 Å². The third-order valence-electron chi connectivity index (χ3n) is 6.89. The molecule has 1 saturated heterocycles. The molecule has 1 fully saturated rings. The number of rotatable bonds is 5. The van der Waals surface area contributed by atoms with Crippen LogP contribution in [-0.4, -0.2) is 63.9 Å². The summed E-state index contributed by atoms with van der Waals surface area (Å²) in [6.45, 7) is 9.97. The number of amides is 1. The van der Waals surface area contributed by atoms with Crippen molar-refractivity contribution in [2.24, 2.45) is 14.1 Å². The van der Waals surface area contributed by atoms with Crippen molar-refractivity contribution in [1.29, 1.82) is 0 Å². The number of nitrogens with zero attached hydrogens (tertiary/aromatic N) is 8. The molecule has 1 aliphatic heterocycles. The number of aromatic nitrogens is 7. The van der Waals surface area contributed by atoms with Gasteiger partial charge in [-0.15, -0.1) is 0 Å². The van der Waals surface area contributed by atoms with Crippen molar-refractivity contribution < 1.29 is 9.53 Å². The number of likely N-dealkylation sites (tertiary alicyclic amines) is 1. The third-order valence-corrected chi connectivity index (χ3v) is 6.89. The minimum atomic E-state index is -0.165. The summed E-state index contributed by atoms with van der Waals surface area (Å²) in [5, 5.41) is 4.43. The summed E-state index contributed by atoms with van der Waals surface area (Å²) in [6.07, 6.45) is 4.07. The molecule has 0 aliphatic carbocycles. The highest BCUT2D eigenvalue weighted by Crippen LogP contribution is 2.29. The molecule has 4 aromatic heterocycles. The Kier molecular flexibility index (Phi) is 5.38. The number of hydrogen-bond acceptors (Lipinski definition) is 6. The number of aryl methyl sites for hydroxylation is 3. The molecule has 1 unspecified atom stereocenters. The van der Waals surface area contributed by atoms with E-state index in [2.05, 4.69) is 17.0 Å². The third kappa shape index (κ3) is 3.53. The van der Waals surface area contributed by atoms with Crippen LogP contribution < -0.4 is 4.74 Å². The van der Waals surface area contributed by atoms with Gasteiger partial charge in [0.2, 0.25) is 5.88 Å². The first-order valence-corrected chi connectivity index (χ1v) is 11.6. The number of hydrogen-bond donors (Lipinski definition) is 0.